The van der Waals surface area contributed by atoms with E-state index in [1.807, 2.05) is 0 Å². The van der Waals surface area contributed by atoms with Crippen molar-refractivity contribution in [3.63, 3.8) is 0 Å². The van der Waals surface area contributed by atoms with Crippen LogP contribution in [0, 0.1) is 0 Å². The van der Waals surface area contributed by atoms with E-state index in [0.717, 1.165) is 116 Å². The van der Waals surface area contributed by atoms with Crippen molar-refractivity contribution in [2.75, 3.05) is 29.4 Å². The first-order chi connectivity index (χ1) is 72.1. The summed E-state index contributed by atoms with van der Waals surface area (Å²) in [6.07, 6.45) is 3.36. The molecule has 708 valence electrons. The highest BCUT2D eigenvalue weighted by atomic mass is 15.2. The van der Waals surface area contributed by atoms with Crippen molar-refractivity contribution in [2.45, 2.75) is 78.6 Å². The maximum atomic E-state index is 2.41. The third kappa shape index (κ3) is 20.3. The van der Waals surface area contributed by atoms with Gasteiger partial charge in [-0.25, -0.2) is 0 Å². The number of benzene rings is 23. The standard InChI is InChI=1S/C50H42N2.C46H38N2.C44H38N2/c1-3-37(2)38-29-31-42(32-30-38)51(48-28-16-22-41-21-10-11-23-45(41)48)43-33-35-44(36-34-43)52(49-26-14-12-24-46(49)39-17-6-4-7-18-39)50-27-15-13-25-47(50)40-19-8-5-9-20-40;1-3-33(2)34-20-23-42(24-21-34)48(46-19-11-15-35-12-9-10-18-45(35)46)43-28-26-41(27-29-43)47(40-16-5-4-6-17-40)44-25-22-38-30-36-13-7-8-14-37(36)31-39(38)32-44;1-3-33(2)34-25-27-38(28-26-34)46(44-24-14-18-36-17-10-11-21-42(36)44)40-31-29-39(30-32-40)45(37-19-8-5-9-20-37)43-23-13-12-22-41(43)35-15-6-4-7-16-35/h4-37H,3H2,1-2H3;4-33H,3H2,1-2H3;4-33H,3H2,1-2H3. The molecule has 146 heavy (non-hydrogen) atoms. The maximum absolute atomic E-state index is 2.41. The van der Waals surface area contributed by atoms with Crippen LogP contribution in [0.2, 0.25) is 0 Å². The van der Waals surface area contributed by atoms with E-state index in [-0.39, 0.29) is 0 Å². The van der Waals surface area contributed by atoms with Gasteiger partial charge in [0.05, 0.1) is 34.1 Å². The monoisotopic (exact) mass is 1880 g/mol. The van der Waals surface area contributed by atoms with Crippen LogP contribution in [0.5, 0.6) is 0 Å². The van der Waals surface area contributed by atoms with E-state index in [0.29, 0.717) is 17.8 Å². The van der Waals surface area contributed by atoms with Crippen LogP contribution in [0.1, 0.15) is 95.2 Å². The molecule has 0 spiro atoms. The molecule has 23 aromatic rings. The van der Waals surface area contributed by atoms with Gasteiger partial charge >= 0.3 is 0 Å². The molecule has 0 aromatic heterocycles. The molecule has 6 heteroatoms. The van der Waals surface area contributed by atoms with Crippen LogP contribution in [-0.4, -0.2) is 0 Å². The lowest BCUT2D eigenvalue weighted by molar-refractivity contribution is 0.733. The summed E-state index contributed by atoms with van der Waals surface area (Å²) in [5.74, 6) is 1.58. The minimum Gasteiger partial charge on any atom is -0.310 e. The molecule has 0 aliphatic heterocycles. The number of rotatable bonds is 27. The number of anilines is 18. The number of para-hydroxylation sites is 5. The van der Waals surface area contributed by atoms with Gasteiger partial charge in [-0.15, -0.1) is 0 Å². The lowest BCUT2D eigenvalue weighted by Gasteiger charge is -2.31. The summed E-state index contributed by atoms with van der Waals surface area (Å²) in [5, 5.41) is 12.3. The van der Waals surface area contributed by atoms with Gasteiger partial charge in [-0.1, -0.05) is 399 Å². The van der Waals surface area contributed by atoms with Crippen molar-refractivity contribution >= 4 is 156 Å². The van der Waals surface area contributed by atoms with Crippen molar-refractivity contribution in [1.82, 2.24) is 0 Å². The summed E-state index contributed by atoms with van der Waals surface area (Å²) in [7, 11) is 0. The summed E-state index contributed by atoms with van der Waals surface area (Å²) < 4.78 is 0. The molecular weight excluding hydrogens is 1770 g/mol. The van der Waals surface area contributed by atoms with Gasteiger partial charge < -0.3 is 29.4 Å². The van der Waals surface area contributed by atoms with Crippen LogP contribution in [0.15, 0.2) is 552 Å². The number of hydrogen-bond acceptors (Lipinski definition) is 6. The Labute approximate surface area is 860 Å². The van der Waals surface area contributed by atoms with E-state index in [4.69, 9.17) is 0 Å². The molecule has 0 saturated carbocycles. The van der Waals surface area contributed by atoms with Crippen LogP contribution >= 0.6 is 0 Å². The predicted molar refractivity (Wildman–Crippen MR) is 627 cm³/mol. The third-order valence-corrected chi connectivity index (χ3v) is 28.8. The minimum atomic E-state index is 0.517. The smallest absolute Gasteiger partial charge is 0.0540 e. The summed E-state index contributed by atoms with van der Waals surface area (Å²) >= 11 is 0. The second-order valence-electron chi connectivity index (χ2n) is 37.8. The molecule has 23 rings (SSSR count). The van der Waals surface area contributed by atoms with E-state index < -0.39 is 0 Å². The van der Waals surface area contributed by atoms with Crippen molar-refractivity contribution < 1.29 is 0 Å². The highest BCUT2D eigenvalue weighted by Crippen LogP contribution is 2.51. The van der Waals surface area contributed by atoms with Gasteiger partial charge in [0, 0.05) is 101 Å². The Bertz CT molecular complexity index is 8230. The van der Waals surface area contributed by atoms with Crippen molar-refractivity contribution in [1.29, 1.82) is 0 Å². The fraction of sp³-hybridized carbons (Fsp3) is 0.0857. The van der Waals surface area contributed by atoms with E-state index in [1.54, 1.807) is 0 Å². The molecule has 0 amide bonds. The van der Waals surface area contributed by atoms with Gasteiger partial charge in [-0.3, -0.25) is 0 Å². The highest BCUT2D eigenvalue weighted by Gasteiger charge is 2.27. The Hall–Kier alpha value is -17.8. The fourth-order valence-corrected chi connectivity index (χ4v) is 20.4. The Balaban J connectivity index is 0.000000129. The lowest BCUT2D eigenvalue weighted by atomic mass is 9.98. The van der Waals surface area contributed by atoms with Crippen LogP contribution in [-0.2, 0) is 0 Å². The van der Waals surface area contributed by atoms with Crippen molar-refractivity contribution in [3.8, 4) is 33.4 Å². The summed E-state index contributed by atoms with van der Waals surface area (Å²) in [6, 6.07) is 199. The van der Waals surface area contributed by atoms with E-state index in [9.17, 15) is 0 Å². The molecule has 0 N–H and O–H groups in total. The molecule has 0 radical (unpaired) electrons. The zero-order chi connectivity index (χ0) is 99.0. The SMILES string of the molecule is CCC(C)c1ccc(N(c2ccc(N(c3ccccc3)c3ccc4cc5ccccc5cc4c3)cc2)c2cccc3ccccc23)cc1.CCC(C)c1ccc(N(c2ccc(N(c3ccccc3)c3ccccc3-c3ccccc3)cc2)c2cccc3ccccc23)cc1.CCC(C)c1ccc(N(c2ccc(N(c3ccccc3-c3ccccc3)c3ccccc3-c3ccccc3)cc2)c2cccc3ccccc23)cc1. The third-order valence-electron chi connectivity index (χ3n) is 28.8. The highest BCUT2D eigenvalue weighted by molar-refractivity contribution is 6.05. The first-order valence-corrected chi connectivity index (χ1v) is 51.4. The Morgan fingerprint density at radius 1 is 0.144 bits per heavy atom. The normalized spacial score (nSPS) is 11.8. The van der Waals surface area contributed by atoms with Gasteiger partial charge in [0.2, 0.25) is 0 Å². The second kappa shape index (κ2) is 44.1. The van der Waals surface area contributed by atoms with Gasteiger partial charge in [0.1, 0.15) is 0 Å². The van der Waals surface area contributed by atoms with Gasteiger partial charge in [0.15, 0.2) is 0 Å². The summed E-state index contributed by atoms with van der Waals surface area (Å²) in [6.45, 7) is 13.6. The van der Waals surface area contributed by atoms with Crippen LogP contribution in [0.4, 0.5) is 102 Å². The van der Waals surface area contributed by atoms with Gasteiger partial charge in [-0.05, 0) is 302 Å². The number of fused-ring (bicyclic) bond motifs is 5. The van der Waals surface area contributed by atoms with E-state index in [2.05, 4.69) is 623 Å². The first kappa shape index (κ1) is 94.4. The molecule has 6 nitrogen and oxygen atoms in total. The van der Waals surface area contributed by atoms with E-state index in [1.165, 1.54) is 110 Å². The number of nitrogens with zero attached hydrogens (tertiary/aromatic N) is 6. The van der Waals surface area contributed by atoms with Crippen LogP contribution in [0.3, 0.4) is 0 Å². The number of hydrogen-bond donors (Lipinski definition) is 0. The first-order valence-electron chi connectivity index (χ1n) is 51.4. The molecule has 0 aliphatic carbocycles. The quantitative estimate of drug-likeness (QED) is 0.0475. The maximum Gasteiger partial charge on any atom is 0.0540 e. The molecule has 23 aromatic carbocycles. The van der Waals surface area contributed by atoms with Crippen LogP contribution in [0.25, 0.3) is 87.2 Å². The topological polar surface area (TPSA) is 19.4 Å². The van der Waals surface area contributed by atoms with Gasteiger partial charge in [0.25, 0.3) is 0 Å². The average Bonchev–Trinajstić information content (AvgIpc) is 0.785. The fourth-order valence-electron chi connectivity index (χ4n) is 20.4. The minimum absolute atomic E-state index is 0.517. The summed E-state index contributed by atoms with van der Waals surface area (Å²) in [5.41, 5.74) is 31.5. The average molecular weight is 1880 g/mol. The Kier molecular flexibility index (Phi) is 28.5. The molecule has 0 aliphatic rings. The van der Waals surface area contributed by atoms with Crippen molar-refractivity contribution in [3.05, 3.63) is 569 Å². The molecular formula is C140H118N6. The molecule has 0 bridgehead atoms. The van der Waals surface area contributed by atoms with Crippen LogP contribution < -0.4 is 29.4 Å². The molecule has 3 atom stereocenters. The van der Waals surface area contributed by atoms with Crippen molar-refractivity contribution in [2.24, 2.45) is 0 Å². The van der Waals surface area contributed by atoms with E-state index >= 15 is 0 Å². The lowest BCUT2D eigenvalue weighted by Crippen LogP contribution is -2.14. The molecule has 0 fully saturated rings. The summed E-state index contributed by atoms with van der Waals surface area (Å²) in [4.78, 5) is 14.3. The predicted octanol–water partition coefficient (Wildman–Crippen LogP) is 41.2. The second-order valence-corrected chi connectivity index (χ2v) is 37.8. The molecule has 3 unspecified atom stereocenters. The largest absolute Gasteiger partial charge is 0.310 e. The molecule has 0 saturated heterocycles. The zero-order valence-electron chi connectivity index (χ0n) is 83.6. The zero-order valence-corrected chi connectivity index (χ0v) is 83.6. The molecule has 0 heterocycles. The Morgan fingerprint density at radius 2 is 0.349 bits per heavy atom. The Morgan fingerprint density at radius 3 is 0.671 bits per heavy atom. The van der Waals surface area contributed by atoms with Gasteiger partial charge in [-0.2, -0.15) is 0 Å².